The molecular weight excluding hydrogens is 320 g/mol. The van der Waals surface area contributed by atoms with Crippen molar-refractivity contribution in [1.82, 2.24) is 4.90 Å². The first kappa shape index (κ1) is 19.0. The highest BCUT2D eigenvalue weighted by atomic mass is 16.5. The summed E-state index contributed by atoms with van der Waals surface area (Å²) in [5, 5.41) is 12.1. The highest BCUT2D eigenvalue weighted by Crippen LogP contribution is 2.37. The number of methoxy groups -OCH3 is 1. The molecule has 0 saturated heterocycles. The topological polar surface area (TPSA) is 78.9 Å². The fourth-order valence-electron chi connectivity index (χ4n) is 2.91. The molecular formula is C19H26N2O4. The molecule has 2 amide bonds. The first-order valence-electron chi connectivity index (χ1n) is 8.47. The average molecular weight is 346 g/mol. The number of carbonyl (C=O) groups excluding carboxylic acids is 2. The van der Waals surface area contributed by atoms with E-state index in [4.69, 9.17) is 9.84 Å². The molecule has 1 heterocycles. The van der Waals surface area contributed by atoms with Crippen molar-refractivity contribution in [3.63, 3.8) is 0 Å². The number of carbonyl (C=O) groups is 2. The van der Waals surface area contributed by atoms with Gasteiger partial charge in [-0.05, 0) is 35.1 Å². The number of ether oxygens (including phenoxy) is 1. The number of imide groups is 1. The summed E-state index contributed by atoms with van der Waals surface area (Å²) in [4.78, 5) is 25.2. The molecule has 0 fully saturated rings. The number of aliphatic hydroxyl groups is 1. The minimum atomic E-state index is -0.424. The van der Waals surface area contributed by atoms with Crippen molar-refractivity contribution in [2.75, 3.05) is 25.6 Å². The summed E-state index contributed by atoms with van der Waals surface area (Å²) in [6, 6.07) is 3.89. The van der Waals surface area contributed by atoms with Gasteiger partial charge >= 0.3 is 0 Å². The summed E-state index contributed by atoms with van der Waals surface area (Å²) in [6.45, 7) is 8.07. The summed E-state index contributed by atoms with van der Waals surface area (Å²) < 4.78 is 5.61. The Bertz CT molecular complexity index is 678. The summed E-state index contributed by atoms with van der Waals surface area (Å²) in [7, 11) is 1.66. The maximum atomic E-state index is 12.3. The maximum absolute atomic E-state index is 12.3. The van der Waals surface area contributed by atoms with Crippen LogP contribution in [0.1, 0.15) is 50.7 Å². The molecule has 0 atom stereocenters. The SMILES string of the molecule is COc1c(C(C)C)cc(NC2=CC(=O)N(CCO)C2=O)cc1C(C)C. The Morgan fingerprint density at radius 1 is 1.12 bits per heavy atom. The second kappa shape index (κ2) is 7.70. The summed E-state index contributed by atoms with van der Waals surface area (Å²) in [5.74, 6) is 0.514. The van der Waals surface area contributed by atoms with E-state index in [1.165, 1.54) is 6.08 Å². The van der Waals surface area contributed by atoms with Crippen molar-refractivity contribution >= 4 is 17.5 Å². The Morgan fingerprint density at radius 2 is 1.68 bits per heavy atom. The van der Waals surface area contributed by atoms with E-state index in [2.05, 4.69) is 33.0 Å². The lowest BCUT2D eigenvalue weighted by Gasteiger charge is -2.21. The molecule has 6 heteroatoms. The predicted molar refractivity (Wildman–Crippen MR) is 96.7 cm³/mol. The lowest BCUT2D eigenvalue weighted by molar-refractivity contribution is -0.137. The van der Waals surface area contributed by atoms with Crippen LogP contribution in [0.3, 0.4) is 0 Å². The molecule has 1 aromatic rings. The highest BCUT2D eigenvalue weighted by Gasteiger charge is 2.31. The van der Waals surface area contributed by atoms with Gasteiger partial charge in [0.05, 0.1) is 20.3 Å². The van der Waals surface area contributed by atoms with Gasteiger partial charge in [-0.1, -0.05) is 27.7 Å². The molecule has 0 spiro atoms. The molecule has 0 aliphatic carbocycles. The molecule has 0 saturated carbocycles. The van der Waals surface area contributed by atoms with Crippen LogP contribution >= 0.6 is 0 Å². The number of hydrogen-bond acceptors (Lipinski definition) is 5. The van der Waals surface area contributed by atoms with Gasteiger partial charge in [0.1, 0.15) is 11.4 Å². The average Bonchev–Trinajstić information content (AvgIpc) is 2.81. The van der Waals surface area contributed by atoms with Crippen LogP contribution in [0, 0.1) is 0 Å². The van der Waals surface area contributed by atoms with Gasteiger partial charge in [-0.2, -0.15) is 0 Å². The normalized spacial score (nSPS) is 14.6. The molecule has 2 N–H and O–H groups in total. The fraction of sp³-hybridized carbons (Fsp3) is 0.474. The number of hydrogen-bond donors (Lipinski definition) is 2. The number of β-amino-alcohol motifs (C(OH)–C–C–N with tert-alkyl or cyclic N) is 1. The van der Waals surface area contributed by atoms with Gasteiger partial charge in [0.15, 0.2) is 0 Å². The van der Waals surface area contributed by atoms with E-state index in [1.54, 1.807) is 7.11 Å². The van der Waals surface area contributed by atoms with E-state index < -0.39 is 11.8 Å². The third-order valence-corrected chi connectivity index (χ3v) is 4.21. The second-order valence-electron chi connectivity index (χ2n) is 6.70. The number of rotatable bonds is 7. The Labute approximate surface area is 148 Å². The van der Waals surface area contributed by atoms with Crippen LogP contribution in [-0.4, -0.2) is 42.1 Å². The number of aliphatic hydroxyl groups excluding tert-OH is 1. The zero-order valence-electron chi connectivity index (χ0n) is 15.4. The minimum absolute atomic E-state index is 0.00352. The quantitative estimate of drug-likeness (QED) is 0.742. The van der Waals surface area contributed by atoms with Crippen molar-refractivity contribution in [3.05, 3.63) is 35.0 Å². The van der Waals surface area contributed by atoms with Crippen molar-refractivity contribution in [1.29, 1.82) is 0 Å². The molecule has 25 heavy (non-hydrogen) atoms. The van der Waals surface area contributed by atoms with Crippen LogP contribution < -0.4 is 10.1 Å². The van der Waals surface area contributed by atoms with Gasteiger partial charge in [-0.15, -0.1) is 0 Å². The number of anilines is 1. The molecule has 1 aliphatic heterocycles. The van der Waals surface area contributed by atoms with Gasteiger partial charge in [-0.3, -0.25) is 14.5 Å². The first-order chi connectivity index (χ1) is 11.8. The molecule has 0 radical (unpaired) electrons. The van der Waals surface area contributed by atoms with E-state index in [0.29, 0.717) is 0 Å². The Morgan fingerprint density at radius 3 is 2.12 bits per heavy atom. The van der Waals surface area contributed by atoms with E-state index >= 15 is 0 Å². The third-order valence-electron chi connectivity index (χ3n) is 4.21. The molecule has 1 aliphatic rings. The lowest BCUT2D eigenvalue weighted by Crippen LogP contribution is -2.34. The standard InChI is InChI=1S/C19H26N2O4/c1-11(2)14-8-13(9-15(12(3)4)18(14)25-5)20-16-10-17(23)21(6-7-22)19(16)24/h8-12,20,22H,6-7H2,1-5H3. The molecule has 136 valence electrons. The Hall–Kier alpha value is -2.34. The van der Waals surface area contributed by atoms with Crippen LogP contribution in [0.15, 0.2) is 23.9 Å². The number of benzene rings is 1. The largest absolute Gasteiger partial charge is 0.496 e. The molecule has 0 bridgehead atoms. The van der Waals surface area contributed by atoms with Crippen LogP contribution in [-0.2, 0) is 9.59 Å². The van der Waals surface area contributed by atoms with E-state index in [9.17, 15) is 9.59 Å². The molecule has 1 aromatic carbocycles. The molecule has 2 rings (SSSR count). The van der Waals surface area contributed by atoms with Crippen LogP contribution in [0.4, 0.5) is 5.69 Å². The van der Waals surface area contributed by atoms with Gasteiger partial charge < -0.3 is 15.2 Å². The smallest absolute Gasteiger partial charge is 0.277 e. The first-order valence-corrected chi connectivity index (χ1v) is 8.47. The Balaban J connectivity index is 2.39. The fourth-order valence-corrected chi connectivity index (χ4v) is 2.91. The monoisotopic (exact) mass is 346 g/mol. The highest BCUT2D eigenvalue weighted by molar-refractivity contribution is 6.17. The minimum Gasteiger partial charge on any atom is -0.496 e. The van der Waals surface area contributed by atoms with Gasteiger partial charge in [-0.25, -0.2) is 0 Å². The van der Waals surface area contributed by atoms with Crippen molar-refractivity contribution in [3.8, 4) is 5.75 Å². The van der Waals surface area contributed by atoms with Crippen molar-refractivity contribution in [2.24, 2.45) is 0 Å². The van der Waals surface area contributed by atoms with Gasteiger partial charge in [0.25, 0.3) is 11.8 Å². The summed E-state index contributed by atoms with van der Waals surface area (Å²) >= 11 is 0. The number of amides is 2. The Kier molecular flexibility index (Phi) is 5.85. The predicted octanol–water partition coefficient (Wildman–Crippen LogP) is 2.60. The maximum Gasteiger partial charge on any atom is 0.277 e. The van der Waals surface area contributed by atoms with Crippen LogP contribution in [0.5, 0.6) is 5.75 Å². The molecule has 0 aromatic heterocycles. The number of nitrogens with one attached hydrogen (secondary N) is 1. The number of nitrogens with zero attached hydrogens (tertiary/aromatic N) is 1. The zero-order valence-corrected chi connectivity index (χ0v) is 15.4. The lowest BCUT2D eigenvalue weighted by atomic mass is 9.93. The van der Waals surface area contributed by atoms with Crippen molar-refractivity contribution < 1.29 is 19.4 Å². The third kappa shape index (κ3) is 3.85. The summed E-state index contributed by atoms with van der Waals surface area (Å²) in [6.07, 6.45) is 1.27. The van der Waals surface area contributed by atoms with Gasteiger partial charge in [0, 0.05) is 11.8 Å². The van der Waals surface area contributed by atoms with E-state index in [1.807, 2.05) is 12.1 Å². The summed E-state index contributed by atoms with van der Waals surface area (Å²) in [5.41, 5.74) is 3.04. The van der Waals surface area contributed by atoms with E-state index in [0.717, 1.165) is 27.5 Å². The van der Waals surface area contributed by atoms with Gasteiger partial charge in [0.2, 0.25) is 0 Å². The van der Waals surface area contributed by atoms with Crippen molar-refractivity contribution in [2.45, 2.75) is 39.5 Å². The van der Waals surface area contributed by atoms with Crippen LogP contribution in [0.25, 0.3) is 0 Å². The zero-order chi connectivity index (χ0) is 18.7. The second-order valence-corrected chi connectivity index (χ2v) is 6.70. The van der Waals surface area contributed by atoms with E-state index in [-0.39, 0.29) is 30.7 Å². The molecule has 0 unspecified atom stereocenters. The molecule has 6 nitrogen and oxygen atoms in total. The van der Waals surface area contributed by atoms with Crippen LogP contribution in [0.2, 0.25) is 0 Å².